The first-order valence-corrected chi connectivity index (χ1v) is 23.8. The highest BCUT2D eigenvalue weighted by Crippen LogP contribution is 2.52. The predicted octanol–water partition coefficient (Wildman–Crippen LogP) is 16.8. The van der Waals surface area contributed by atoms with Gasteiger partial charge in [-0.3, -0.25) is 0 Å². The summed E-state index contributed by atoms with van der Waals surface area (Å²) in [5.74, 6) is 3.86. The van der Waals surface area contributed by atoms with Crippen LogP contribution in [0, 0.1) is 10.8 Å². The molecule has 6 aromatic rings. The van der Waals surface area contributed by atoms with Gasteiger partial charge in [-0.2, -0.15) is 0 Å². The smallest absolute Gasteiger partial charge is 0.409 e. The first-order valence-electron chi connectivity index (χ1n) is 20.8. The molecule has 61 heavy (non-hydrogen) atoms. The first kappa shape index (κ1) is 45.8. The van der Waals surface area contributed by atoms with E-state index in [-0.39, 0.29) is 21.7 Å². The van der Waals surface area contributed by atoms with Gasteiger partial charge in [0, 0.05) is 0 Å². The second-order valence-electron chi connectivity index (χ2n) is 18.9. The Balaban J connectivity index is 1.46. The number of para-hydroxylation sites is 4. The molecule has 0 amide bonds. The molecule has 0 aliphatic carbocycles. The number of hydrogen-bond acceptors (Lipinski definition) is 7. The van der Waals surface area contributed by atoms with Crippen LogP contribution in [0.1, 0.15) is 93.2 Å². The molecule has 0 N–H and O–H groups in total. The van der Waals surface area contributed by atoms with Crippen LogP contribution in [0.3, 0.4) is 0 Å². The van der Waals surface area contributed by atoms with Gasteiger partial charge in [0.05, 0.1) is 9.79 Å². The molecule has 0 aliphatic rings. The van der Waals surface area contributed by atoms with Gasteiger partial charge in [-0.1, -0.05) is 166 Å². The van der Waals surface area contributed by atoms with Gasteiger partial charge < -0.3 is 27.1 Å². The second-order valence-corrected chi connectivity index (χ2v) is 22.0. The van der Waals surface area contributed by atoms with E-state index in [9.17, 15) is 0 Å². The maximum atomic E-state index is 6.85. The summed E-state index contributed by atoms with van der Waals surface area (Å²) in [7, 11) is -3.88. The van der Waals surface area contributed by atoms with Crippen LogP contribution in [0.4, 0.5) is 0 Å². The third kappa shape index (κ3) is 14.2. The summed E-state index contributed by atoms with van der Waals surface area (Å²) in [6, 6.07) is 51.5. The van der Waals surface area contributed by atoms with Crippen LogP contribution in [-0.4, -0.2) is 0 Å². The molecule has 6 rings (SSSR count). The molecule has 6 nitrogen and oxygen atoms in total. The number of benzene rings is 6. The van der Waals surface area contributed by atoms with E-state index in [1.54, 1.807) is 11.8 Å². The molecule has 0 saturated heterocycles. The van der Waals surface area contributed by atoms with Gasteiger partial charge in [-0.25, -0.2) is 0 Å². The monoisotopic (exact) mass is 874 g/mol. The Kier molecular flexibility index (Phi) is 15.0. The quantitative estimate of drug-likeness (QED) is 0.0797. The van der Waals surface area contributed by atoms with E-state index in [2.05, 4.69) is 106 Å². The molecule has 0 bridgehead atoms. The molecule has 320 valence electrons. The Morgan fingerprint density at radius 3 is 0.902 bits per heavy atom. The average Bonchev–Trinajstić information content (AvgIpc) is 3.19. The van der Waals surface area contributed by atoms with E-state index in [4.69, 9.17) is 27.1 Å². The molecule has 6 aromatic carbocycles. The molecular weight excluding hydrogens is 815 g/mol. The summed E-state index contributed by atoms with van der Waals surface area (Å²) in [4.78, 5) is 1.79. The zero-order valence-corrected chi connectivity index (χ0v) is 39.8. The summed E-state index contributed by atoms with van der Waals surface area (Å²) in [5, 5.41) is 0. The van der Waals surface area contributed by atoms with E-state index in [0.29, 0.717) is 34.5 Å². The minimum absolute atomic E-state index is 0.107. The number of hydrogen-bond donors (Lipinski definition) is 0. The van der Waals surface area contributed by atoms with Crippen LogP contribution >= 0.6 is 29.0 Å². The van der Waals surface area contributed by atoms with E-state index in [1.807, 2.05) is 121 Å². The molecule has 0 fully saturated rings. The maximum Gasteiger partial charge on any atom is 0.530 e. The van der Waals surface area contributed by atoms with E-state index < -0.39 is 17.2 Å². The van der Waals surface area contributed by atoms with Crippen molar-refractivity contribution in [3.05, 3.63) is 169 Å². The lowest BCUT2D eigenvalue weighted by atomic mass is 9.72. The van der Waals surface area contributed by atoms with Crippen LogP contribution in [-0.2, 0) is 10.8 Å². The van der Waals surface area contributed by atoms with Crippen LogP contribution in [0.2, 0.25) is 0 Å². The van der Waals surface area contributed by atoms with Gasteiger partial charge in [0.2, 0.25) is 0 Å². The van der Waals surface area contributed by atoms with Crippen molar-refractivity contribution in [1.29, 1.82) is 0 Å². The molecule has 0 unspecified atom stereocenters. The van der Waals surface area contributed by atoms with Crippen molar-refractivity contribution in [3.63, 3.8) is 0 Å². The summed E-state index contributed by atoms with van der Waals surface area (Å²) in [5.41, 5.74) is 2.32. The minimum Gasteiger partial charge on any atom is -0.409 e. The summed E-state index contributed by atoms with van der Waals surface area (Å²) >= 11 is 1.60. The fourth-order valence-electron chi connectivity index (χ4n) is 7.68. The fraction of sp³-hybridized carbons (Fsp3) is 0.308. The third-order valence-corrected chi connectivity index (χ3v) is 12.9. The molecule has 0 saturated carbocycles. The zero-order valence-electron chi connectivity index (χ0n) is 37.2. The van der Waals surface area contributed by atoms with Gasteiger partial charge in [0.15, 0.2) is 0 Å². The average molecular weight is 875 g/mol. The summed E-state index contributed by atoms with van der Waals surface area (Å²) in [6.07, 6.45) is 1.96. The Labute approximate surface area is 371 Å². The molecule has 0 aliphatic heterocycles. The van der Waals surface area contributed by atoms with Crippen molar-refractivity contribution < 1.29 is 27.1 Å². The molecule has 0 aromatic heterocycles. The molecule has 0 heterocycles. The Morgan fingerprint density at radius 1 is 0.361 bits per heavy atom. The SMILES string of the molecule is CC(C)(C)CC(C)(C)c1ccc(OP(Oc2ccccc2)Oc2ccccc2)c(Sc2cc(C(C)(C)CC(C)(C)C)ccc2OP(Oc2ccccc2)Oc2ccccc2)c1. The summed E-state index contributed by atoms with van der Waals surface area (Å²) in [6.45, 7) is 23.0. The van der Waals surface area contributed by atoms with Crippen LogP contribution in [0.25, 0.3) is 0 Å². The Hall–Kier alpha value is -4.67. The highest BCUT2D eigenvalue weighted by Gasteiger charge is 2.32. The highest BCUT2D eigenvalue weighted by molar-refractivity contribution is 7.99. The molecule has 0 atom stereocenters. The maximum absolute atomic E-state index is 6.85. The fourth-order valence-corrected chi connectivity index (χ4v) is 10.9. The number of rotatable bonds is 18. The van der Waals surface area contributed by atoms with Crippen molar-refractivity contribution in [2.75, 3.05) is 0 Å². The third-order valence-electron chi connectivity index (χ3n) is 9.65. The van der Waals surface area contributed by atoms with Crippen molar-refractivity contribution in [3.8, 4) is 34.5 Å². The topological polar surface area (TPSA) is 55.4 Å². The first-order chi connectivity index (χ1) is 28.9. The highest BCUT2D eigenvalue weighted by atomic mass is 32.2. The predicted molar refractivity (Wildman–Crippen MR) is 255 cm³/mol. The second kappa shape index (κ2) is 20.0. The normalized spacial score (nSPS) is 12.3. The van der Waals surface area contributed by atoms with E-state index >= 15 is 0 Å². The van der Waals surface area contributed by atoms with Crippen molar-refractivity contribution in [1.82, 2.24) is 0 Å². The van der Waals surface area contributed by atoms with Gasteiger partial charge >= 0.3 is 17.2 Å². The van der Waals surface area contributed by atoms with Crippen molar-refractivity contribution in [2.45, 2.75) is 103 Å². The lowest BCUT2D eigenvalue weighted by Gasteiger charge is -2.34. The van der Waals surface area contributed by atoms with E-state index in [0.717, 1.165) is 22.6 Å². The molecular formula is C52H60O6P2S. The van der Waals surface area contributed by atoms with Gasteiger partial charge in [0.25, 0.3) is 0 Å². The van der Waals surface area contributed by atoms with Gasteiger partial charge in [-0.05, 0) is 118 Å². The molecule has 0 radical (unpaired) electrons. The van der Waals surface area contributed by atoms with Crippen molar-refractivity contribution in [2.24, 2.45) is 10.8 Å². The Bertz CT molecular complexity index is 2030. The van der Waals surface area contributed by atoms with E-state index in [1.165, 1.54) is 11.1 Å². The lowest BCUT2D eigenvalue weighted by molar-refractivity contribution is 0.283. The van der Waals surface area contributed by atoms with Crippen LogP contribution < -0.4 is 27.1 Å². The zero-order chi connectivity index (χ0) is 43.7. The lowest BCUT2D eigenvalue weighted by Crippen LogP contribution is -2.25. The van der Waals surface area contributed by atoms with Crippen LogP contribution in [0.15, 0.2) is 168 Å². The standard InChI is InChI=1S/C52H60O6P2S/c1-49(2,3)37-51(7,8)39-31-33-45(57-59(53-41-23-15-11-16-24-41)54-42-25-17-12-18-26-42)47(35-39)61-48-36-40(52(9,10)38-50(4,5)6)32-34-46(48)58-60(55-43-27-19-13-20-28-43)56-44-29-21-14-22-30-44/h11-36H,37-38H2,1-10H3. The van der Waals surface area contributed by atoms with Gasteiger partial charge in [0.1, 0.15) is 34.5 Å². The van der Waals surface area contributed by atoms with Crippen LogP contribution in [0.5, 0.6) is 34.5 Å². The molecule has 0 spiro atoms. The van der Waals surface area contributed by atoms with Gasteiger partial charge in [-0.15, -0.1) is 0 Å². The Morgan fingerprint density at radius 2 is 0.639 bits per heavy atom. The largest absolute Gasteiger partial charge is 0.530 e. The van der Waals surface area contributed by atoms with Crippen molar-refractivity contribution >= 4 is 29.0 Å². The molecule has 9 heteroatoms. The minimum atomic E-state index is -1.94. The summed E-state index contributed by atoms with van der Waals surface area (Å²) < 4.78 is 39.5.